The third kappa shape index (κ3) is 3.55. The van der Waals surface area contributed by atoms with E-state index in [0.29, 0.717) is 32.0 Å². The van der Waals surface area contributed by atoms with Crippen molar-refractivity contribution in [2.45, 2.75) is 38.1 Å². The van der Waals surface area contributed by atoms with Crippen molar-refractivity contribution in [3.63, 3.8) is 0 Å². The number of hydrogen-bond donors (Lipinski definition) is 1. The van der Waals surface area contributed by atoms with Crippen molar-refractivity contribution < 1.29 is 14.2 Å². The van der Waals surface area contributed by atoms with Crippen molar-refractivity contribution in [2.24, 2.45) is 0 Å². The first kappa shape index (κ1) is 15.5. The Hall–Kier alpha value is -2.04. The predicted molar refractivity (Wildman–Crippen MR) is 92.3 cm³/mol. The SMILES string of the molecule is c1ccc(COC2CC(NCc3cccc4c3OCCO4)C2)cc1. The van der Waals surface area contributed by atoms with E-state index in [-0.39, 0.29) is 0 Å². The molecule has 4 nitrogen and oxygen atoms in total. The van der Waals surface area contributed by atoms with Crippen LogP contribution >= 0.6 is 0 Å². The summed E-state index contributed by atoms with van der Waals surface area (Å²) in [5.74, 6) is 1.76. The van der Waals surface area contributed by atoms with Crippen LogP contribution in [0.25, 0.3) is 0 Å². The largest absolute Gasteiger partial charge is 0.486 e. The molecule has 4 rings (SSSR count). The molecule has 1 heterocycles. The molecule has 24 heavy (non-hydrogen) atoms. The van der Waals surface area contributed by atoms with E-state index in [2.05, 4.69) is 35.6 Å². The molecular formula is C20H23NO3. The summed E-state index contributed by atoms with van der Waals surface area (Å²) in [6, 6.07) is 17.0. The van der Waals surface area contributed by atoms with Crippen LogP contribution in [0.1, 0.15) is 24.0 Å². The highest BCUT2D eigenvalue weighted by atomic mass is 16.6. The first-order chi connectivity index (χ1) is 11.9. The van der Waals surface area contributed by atoms with Crippen LogP contribution in [-0.2, 0) is 17.9 Å². The second kappa shape index (κ2) is 7.24. The van der Waals surface area contributed by atoms with Gasteiger partial charge in [0, 0.05) is 18.2 Å². The van der Waals surface area contributed by atoms with Crippen molar-refractivity contribution in [1.82, 2.24) is 5.32 Å². The van der Waals surface area contributed by atoms with Gasteiger partial charge in [0.25, 0.3) is 0 Å². The van der Waals surface area contributed by atoms with Crippen LogP contribution in [0.2, 0.25) is 0 Å². The minimum Gasteiger partial charge on any atom is -0.486 e. The van der Waals surface area contributed by atoms with Crippen LogP contribution in [0.3, 0.4) is 0 Å². The molecule has 0 amide bonds. The Morgan fingerprint density at radius 2 is 1.79 bits per heavy atom. The number of ether oxygens (including phenoxy) is 3. The summed E-state index contributed by atoms with van der Waals surface area (Å²) in [6.45, 7) is 2.77. The zero-order valence-electron chi connectivity index (χ0n) is 13.7. The number of para-hydroxylation sites is 1. The molecule has 2 aromatic carbocycles. The molecule has 0 aromatic heterocycles. The lowest BCUT2D eigenvalue weighted by molar-refractivity contribution is -0.0269. The molecule has 1 N–H and O–H groups in total. The molecule has 0 spiro atoms. The zero-order valence-corrected chi connectivity index (χ0v) is 13.7. The van der Waals surface area contributed by atoms with Gasteiger partial charge < -0.3 is 19.5 Å². The minimum absolute atomic E-state index is 0.368. The van der Waals surface area contributed by atoms with Crippen molar-refractivity contribution in [1.29, 1.82) is 0 Å². The van der Waals surface area contributed by atoms with E-state index in [0.717, 1.165) is 30.9 Å². The van der Waals surface area contributed by atoms with Crippen LogP contribution in [0.5, 0.6) is 11.5 Å². The lowest BCUT2D eigenvalue weighted by Gasteiger charge is -2.36. The average molecular weight is 325 g/mol. The Labute approximate surface area is 142 Å². The van der Waals surface area contributed by atoms with E-state index in [1.165, 1.54) is 11.1 Å². The van der Waals surface area contributed by atoms with E-state index < -0.39 is 0 Å². The summed E-state index contributed by atoms with van der Waals surface area (Å²) in [7, 11) is 0. The smallest absolute Gasteiger partial charge is 0.165 e. The summed E-state index contributed by atoms with van der Waals surface area (Å²) in [4.78, 5) is 0. The van der Waals surface area contributed by atoms with Crippen LogP contribution in [0.15, 0.2) is 48.5 Å². The van der Waals surface area contributed by atoms with Crippen molar-refractivity contribution in [2.75, 3.05) is 13.2 Å². The van der Waals surface area contributed by atoms with Crippen LogP contribution in [0.4, 0.5) is 0 Å². The number of fused-ring (bicyclic) bond motifs is 1. The zero-order chi connectivity index (χ0) is 16.2. The lowest BCUT2D eigenvalue weighted by Crippen LogP contribution is -2.45. The standard InChI is InChI=1S/C20H23NO3/c1-2-5-15(6-3-1)14-24-18-11-17(12-18)21-13-16-7-4-8-19-20(16)23-10-9-22-19/h1-8,17-18,21H,9-14H2. The third-order valence-corrected chi connectivity index (χ3v) is 4.65. The molecule has 0 atom stereocenters. The molecule has 1 aliphatic heterocycles. The first-order valence-corrected chi connectivity index (χ1v) is 8.65. The van der Waals surface area contributed by atoms with Crippen molar-refractivity contribution in [3.05, 3.63) is 59.7 Å². The Bertz CT molecular complexity index is 668. The van der Waals surface area contributed by atoms with Gasteiger partial charge in [0.1, 0.15) is 13.2 Å². The van der Waals surface area contributed by atoms with E-state index in [4.69, 9.17) is 14.2 Å². The van der Waals surface area contributed by atoms with Gasteiger partial charge in [0.05, 0.1) is 12.7 Å². The summed E-state index contributed by atoms with van der Waals surface area (Å²) < 4.78 is 17.3. The Morgan fingerprint density at radius 1 is 0.958 bits per heavy atom. The van der Waals surface area contributed by atoms with E-state index in [9.17, 15) is 0 Å². The number of nitrogens with one attached hydrogen (secondary N) is 1. The van der Waals surface area contributed by atoms with E-state index >= 15 is 0 Å². The van der Waals surface area contributed by atoms with Gasteiger partial charge >= 0.3 is 0 Å². The van der Waals surface area contributed by atoms with Gasteiger partial charge in [-0.25, -0.2) is 0 Å². The van der Waals surface area contributed by atoms with E-state index in [1.54, 1.807) is 0 Å². The summed E-state index contributed by atoms with van der Waals surface area (Å²) in [5, 5.41) is 3.60. The second-order valence-electron chi connectivity index (χ2n) is 6.41. The highest BCUT2D eigenvalue weighted by molar-refractivity contribution is 5.47. The van der Waals surface area contributed by atoms with Crippen LogP contribution in [-0.4, -0.2) is 25.4 Å². The van der Waals surface area contributed by atoms with Gasteiger partial charge in [-0.2, -0.15) is 0 Å². The number of benzene rings is 2. The van der Waals surface area contributed by atoms with Gasteiger partial charge in [0.15, 0.2) is 11.5 Å². The van der Waals surface area contributed by atoms with Crippen molar-refractivity contribution in [3.8, 4) is 11.5 Å². The molecule has 0 saturated heterocycles. The quantitative estimate of drug-likeness (QED) is 0.885. The predicted octanol–water partition coefficient (Wildman–Crippen LogP) is 3.30. The first-order valence-electron chi connectivity index (χ1n) is 8.65. The highest BCUT2D eigenvalue weighted by Gasteiger charge is 2.29. The van der Waals surface area contributed by atoms with Gasteiger partial charge in [-0.15, -0.1) is 0 Å². The summed E-state index contributed by atoms with van der Waals surface area (Å²) >= 11 is 0. The Morgan fingerprint density at radius 3 is 2.67 bits per heavy atom. The fourth-order valence-electron chi connectivity index (χ4n) is 3.18. The fourth-order valence-corrected chi connectivity index (χ4v) is 3.18. The maximum absolute atomic E-state index is 5.95. The number of hydrogen-bond acceptors (Lipinski definition) is 4. The minimum atomic E-state index is 0.368. The Kier molecular flexibility index (Phi) is 4.67. The number of rotatable bonds is 6. The highest BCUT2D eigenvalue weighted by Crippen LogP contribution is 2.34. The average Bonchev–Trinajstić information content (AvgIpc) is 2.61. The molecule has 4 heteroatoms. The molecule has 126 valence electrons. The van der Waals surface area contributed by atoms with Crippen molar-refractivity contribution >= 4 is 0 Å². The summed E-state index contributed by atoms with van der Waals surface area (Å²) in [5.41, 5.74) is 2.41. The molecule has 2 aromatic rings. The molecule has 1 saturated carbocycles. The van der Waals surface area contributed by atoms with Gasteiger partial charge in [-0.3, -0.25) is 0 Å². The molecule has 0 bridgehead atoms. The Balaban J connectivity index is 1.22. The third-order valence-electron chi connectivity index (χ3n) is 4.65. The molecule has 1 aliphatic carbocycles. The maximum Gasteiger partial charge on any atom is 0.165 e. The van der Waals surface area contributed by atoms with Gasteiger partial charge in [0.2, 0.25) is 0 Å². The molecule has 1 fully saturated rings. The van der Waals surface area contributed by atoms with Gasteiger partial charge in [-0.05, 0) is 24.5 Å². The van der Waals surface area contributed by atoms with Gasteiger partial charge in [-0.1, -0.05) is 42.5 Å². The second-order valence-corrected chi connectivity index (χ2v) is 6.41. The molecule has 0 radical (unpaired) electrons. The van der Waals surface area contributed by atoms with Crippen LogP contribution < -0.4 is 14.8 Å². The molecule has 2 aliphatic rings. The maximum atomic E-state index is 5.95. The fraction of sp³-hybridized carbons (Fsp3) is 0.400. The monoisotopic (exact) mass is 325 g/mol. The normalized spacial score (nSPS) is 22.0. The lowest BCUT2D eigenvalue weighted by atomic mass is 9.89. The molecule has 0 unspecified atom stereocenters. The molecular weight excluding hydrogens is 302 g/mol. The topological polar surface area (TPSA) is 39.7 Å². The van der Waals surface area contributed by atoms with Crippen LogP contribution in [0, 0.1) is 0 Å². The summed E-state index contributed by atoms with van der Waals surface area (Å²) in [6.07, 6.45) is 2.50. The van der Waals surface area contributed by atoms with E-state index in [1.807, 2.05) is 18.2 Å².